The van der Waals surface area contributed by atoms with Crippen LogP contribution in [-0.2, 0) is 6.42 Å². The summed E-state index contributed by atoms with van der Waals surface area (Å²) >= 11 is 1.45. The second kappa shape index (κ2) is 10.3. The molecule has 1 unspecified atom stereocenters. The summed E-state index contributed by atoms with van der Waals surface area (Å²) in [5.74, 6) is 0.341. The second-order valence-electron chi connectivity index (χ2n) is 8.16. The molecule has 1 fully saturated rings. The fourth-order valence-electron chi connectivity index (χ4n) is 4.46. The zero-order valence-corrected chi connectivity index (χ0v) is 19.2. The molecule has 1 N–H and O–H groups in total. The Morgan fingerprint density at radius 2 is 2.03 bits per heavy atom. The molecule has 4 rings (SSSR count). The van der Waals surface area contributed by atoms with Crippen molar-refractivity contribution in [3.63, 3.8) is 0 Å². The molecule has 0 saturated carbocycles. The van der Waals surface area contributed by atoms with E-state index in [4.69, 9.17) is 0 Å². The van der Waals surface area contributed by atoms with E-state index in [-0.39, 0.29) is 5.82 Å². The highest BCUT2D eigenvalue weighted by atomic mass is 32.2. The number of aryl methyl sites for hydroxylation is 1. The van der Waals surface area contributed by atoms with Gasteiger partial charge in [0.25, 0.3) is 0 Å². The molecule has 2 aromatic carbocycles. The summed E-state index contributed by atoms with van der Waals surface area (Å²) in [7, 11) is 2.11. The minimum Gasteiger partial charge on any atom is -0.369 e. The zero-order chi connectivity index (χ0) is 22.5. The number of anilines is 1. The van der Waals surface area contributed by atoms with Gasteiger partial charge in [0.2, 0.25) is 0 Å². The topological polar surface area (TPSA) is 54.7 Å². The van der Waals surface area contributed by atoms with E-state index in [1.54, 1.807) is 12.1 Å². The fraction of sp³-hybridized carbons (Fsp3) is 0.360. The van der Waals surface area contributed by atoms with Crippen LogP contribution in [0.15, 0.2) is 52.4 Å². The van der Waals surface area contributed by atoms with Gasteiger partial charge in [-0.25, -0.2) is 4.39 Å². The van der Waals surface area contributed by atoms with Crippen LogP contribution in [0.3, 0.4) is 0 Å². The minimum atomic E-state index is -0.317. The van der Waals surface area contributed by atoms with Crippen molar-refractivity contribution in [1.82, 2.24) is 10.2 Å². The van der Waals surface area contributed by atoms with Gasteiger partial charge in [-0.05, 0) is 74.1 Å². The number of halogens is 1. The fourth-order valence-corrected chi connectivity index (χ4v) is 5.35. The minimum absolute atomic E-state index is 0.317. The third-order valence-electron chi connectivity index (χ3n) is 6.19. The van der Waals surface area contributed by atoms with Crippen LogP contribution < -0.4 is 10.2 Å². The first-order valence-corrected chi connectivity index (χ1v) is 11.9. The second-order valence-corrected chi connectivity index (χ2v) is 9.11. The highest BCUT2D eigenvalue weighted by Crippen LogP contribution is 2.39. The molecular weight excluding hydrogens is 421 g/mol. The molecule has 7 heteroatoms. The Balaban J connectivity index is 1.49. The Kier molecular flexibility index (Phi) is 7.26. The van der Waals surface area contributed by atoms with Crippen molar-refractivity contribution in [3.8, 4) is 6.07 Å². The molecule has 2 aromatic rings. The van der Waals surface area contributed by atoms with E-state index >= 15 is 0 Å². The van der Waals surface area contributed by atoms with E-state index in [1.807, 2.05) is 0 Å². The van der Waals surface area contributed by atoms with Gasteiger partial charge in [-0.1, -0.05) is 17.8 Å². The highest BCUT2D eigenvalue weighted by molar-refractivity contribution is 8.03. The number of nitrogens with one attached hydrogen (secondary N) is 1. The van der Waals surface area contributed by atoms with Crippen LogP contribution in [0.5, 0.6) is 0 Å². The number of aliphatic imine (C=N–C) groups is 1. The first-order valence-electron chi connectivity index (χ1n) is 10.9. The van der Waals surface area contributed by atoms with Crippen molar-refractivity contribution in [2.24, 2.45) is 4.99 Å². The van der Waals surface area contributed by atoms with E-state index < -0.39 is 0 Å². The van der Waals surface area contributed by atoms with Crippen LogP contribution in [0.4, 0.5) is 10.1 Å². The molecule has 0 amide bonds. The average molecular weight is 450 g/mol. The van der Waals surface area contributed by atoms with E-state index in [0.29, 0.717) is 28.1 Å². The number of piperazine rings is 1. The summed E-state index contributed by atoms with van der Waals surface area (Å²) in [5, 5.41) is 13.2. The third kappa shape index (κ3) is 4.88. The van der Waals surface area contributed by atoms with E-state index in [2.05, 4.69) is 58.1 Å². The normalized spacial score (nSPS) is 18.8. The molecule has 2 aliphatic rings. The summed E-state index contributed by atoms with van der Waals surface area (Å²) in [6.07, 6.45) is 2.15. The van der Waals surface area contributed by atoms with Gasteiger partial charge in [0.05, 0.1) is 11.6 Å². The average Bonchev–Trinajstić information content (AvgIpc) is 3.26. The molecule has 1 aliphatic carbocycles. The van der Waals surface area contributed by atoms with Crippen LogP contribution >= 0.6 is 11.8 Å². The van der Waals surface area contributed by atoms with Crippen LogP contribution in [0.25, 0.3) is 5.70 Å². The largest absolute Gasteiger partial charge is 0.369 e. The molecule has 1 aliphatic heterocycles. The molecule has 0 spiro atoms. The van der Waals surface area contributed by atoms with Gasteiger partial charge in [-0.2, -0.15) is 5.26 Å². The first kappa shape index (κ1) is 22.5. The monoisotopic (exact) mass is 449 g/mol. The number of thioether (sulfide) groups is 1. The number of fused-ring (bicyclic) bond motifs is 1. The summed E-state index contributed by atoms with van der Waals surface area (Å²) in [6, 6.07) is 15.5. The maximum absolute atomic E-state index is 13.3. The SMILES string of the molecule is C=N/C(=C(/C#N)SCN(C)C1CCc2ccc(N3CCNCC3)cc21)c1ccc(F)cc1. The third-order valence-corrected chi connectivity index (χ3v) is 7.30. The van der Waals surface area contributed by atoms with E-state index in [1.165, 1.54) is 40.7 Å². The highest BCUT2D eigenvalue weighted by Gasteiger charge is 2.27. The molecule has 1 heterocycles. The number of nitriles is 1. The van der Waals surface area contributed by atoms with Crippen molar-refractivity contribution in [2.75, 3.05) is 44.0 Å². The Labute approximate surface area is 193 Å². The number of nitrogens with zero attached hydrogens (tertiary/aromatic N) is 4. The lowest BCUT2D eigenvalue weighted by molar-refractivity contribution is 0.287. The molecule has 32 heavy (non-hydrogen) atoms. The molecule has 5 nitrogen and oxygen atoms in total. The van der Waals surface area contributed by atoms with Gasteiger partial charge in [-0.15, -0.1) is 0 Å². The quantitative estimate of drug-likeness (QED) is 0.385. The lowest BCUT2D eigenvalue weighted by Gasteiger charge is -2.31. The van der Waals surface area contributed by atoms with E-state index in [0.717, 1.165) is 39.0 Å². The number of hydrogen-bond donors (Lipinski definition) is 1. The van der Waals surface area contributed by atoms with Crippen molar-refractivity contribution < 1.29 is 4.39 Å². The number of benzene rings is 2. The van der Waals surface area contributed by atoms with Crippen molar-refractivity contribution in [3.05, 3.63) is 69.9 Å². The van der Waals surface area contributed by atoms with Crippen molar-refractivity contribution in [2.45, 2.75) is 18.9 Å². The maximum atomic E-state index is 13.3. The standard InChI is InChI=1S/C25H28FN5S/c1-28-25(19-3-7-20(26)8-4-19)24(16-27)32-17-30(2)23-10-6-18-5-9-21(15-22(18)23)31-13-11-29-12-14-31/h3-5,7-9,15,23,29H,1,6,10-14,17H2,2H3/b25-24-. The summed E-state index contributed by atoms with van der Waals surface area (Å²) in [4.78, 5) is 9.31. The molecule has 0 bridgehead atoms. The molecule has 166 valence electrons. The van der Waals surface area contributed by atoms with Gasteiger partial charge in [0.15, 0.2) is 0 Å². The smallest absolute Gasteiger partial charge is 0.123 e. The van der Waals surface area contributed by atoms with Gasteiger partial charge in [0, 0.05) is 43.5 Å². The molecular formula is C25H28FN5S. The summed E-state index contributed by atoms with van der Waals surface area (Å²) < 4.78 is 13.3. The molecule has 0 aromatic heterocycles. The molecule has 0 radical (unpaired) electrons. The molecule has 1 atom stereocenters. The van der Waals surface area contributed by atoms with Crippen LogP contribution in [0.1, 0.15) is 29.2 Å². The van der Waals surface area contributed by atoms with Gasteiger partial charge in [0.1, 0.15) is 16.8 Å². The van der Waals surface area contributed by atoms with Crippen LogP contribution in [-0.4, -0.2) is 50.7 Å². The summed E-state index contributed by atoms with van der Waals surface area (Å²) in [5.41, 5.74) is 5.30. The van der Waals surface area contributed by atoms with Crippen LogP contribution in [0.2, 0.25) is 0 Å². The maximum Gasteiger partial charge on any atom is 0.123 e. The number of rotatable bonds is 7. The van der Waals surface area contributed by atoms with E-state index in [9.17, 15) is 9.65 Å². The van der Waals surface area contributed by atoms with Crippen molar-refractivity contribution >= 4 is 29.9 Å². The Morgan fingerprint density at radius 1 is 1.28 bits per heavy atom. The Bertz CT molecular complexity index is 1040. The van der Waals surface area contributed by atoms with Gasteiger partial charge >= 0.3 is 0 Å². The number of hydrogen-bond acceptors (Lipinski definition) is 6. The number of allylic oxidation sites excluding steroid dienone is 1. The Hall–Kier alpha value is -2.66. The van der Waals surface area contributed by atoms with Gasteiger partial charge < -0.3 is 10.2 Å². The first-order chi connectivity index (χ1) is 15.6. The summed E-state index contributed by atoms with van der Waals surface area (Å²) in [6.45, 7) is 7.74. The van der Waals surface area contributed by atoms with Crippen LogP contribution in [0, 0.1) is 17.1 Å². The Morgan fingerprint density at radius 3 is 2.72 bits per heavy atom. The zero-order valence-electron chi connectivity index (χ0n) is 18.4. The van der Waals surface area contributed by atoms with Gasteiger partial charge in [-0.3, -0.25) is 9.89 Å². The molecule has 1 saturated heterocycles. The predicted octanol–water partition coefficient (Wildman–Crippen LogP) is 4.44. The van der Waals surface area contributed by atoms with Crippen molar-refractivity contribution in [1.29, 1.82) is 5.26 Å². The lowest BCUT2D eigenvalue weighted by Crippen LogP contribution is -2.43. The lowest BCUT2D eigenvalue weighted by atomic mass is 10.1. The predicted molar refractivity (Wildman–Crippen MR) is 131 cm³/mol.